The Morgan fingerprint density at radius 2 is 1.82 bits per heavy atom. The van der Waals surface area contributed by atoms with Crippen molar-refractivity contribution in [3.05, 3.63) is 83.3 Å². The van der Waals surface area contributed by atoms with Crippen molar-refractivity contribution in [1.82, 2.24) is 4.98 Å². The third kappa shape index (κ3) is 2.95. The van der Waals surface area contributed by atoms with Crippen LogP contribution >= 0.6 is 0 Å². The molecule has 44 heavy (non-hydrogen) atoms. The molecule has 2 aliphatic heterocycles. The number of ether oxygens (including phenoxy) is 3. The molecule has 8 nitrogen and oxygen atoms in total. The van der Waals surface area contributed by atoms with Gasteiger partial charge in [0.15, 0.2) is 17.7 Å². The zero-order valence-corrected chi connectivity index (χ0v) is 25.2. The van der Waals surface area contributed by atoms with Gasteiger partial charge in [0.2, 0.25) is 5.76 Å². The molecule has 4 aromatic rings. The quantitative estimate of drug-likeness (QED) is 0.278. The Hall–Kier alpha value is -3.72. The van der Waals surface area contributed by atoms with Crippen LogP contribution in [0.2, 0.25) is 0 Å². The Morgan fingerprint density at radius 3 is 2.64 bits per heavy atom. The number of fused-ring (bicyclic) bond motifs is 10. The largest absolute Gasteiger partial charge is 0.453 e. The van der Waals surface area contributed by atoms with Crippen LogP contribution in [-0.2, 0) is 30.8 Å². The predicted molar refractivity (Wildman–Crippen MR) is 161 cm³/mol. The Balaban J connectivity index is 1.22. The Bertz CT molecular complexity index is 1930. The zero-order valence-electron chi connectivity index (χ0n) is 25.2. The summed E-state index contributed by atoms with van der Waals surface area (Å²) in [4.78, 5) is 31.1. The SMILES string of the molecule is CC1(C)OC23CC[C@]4(C)[C@@]5(C)c6[nH]c7ccccc7c6C[C@@H]5C[C@H](OC(=O)c5cc6ccccc6o5)[C@@]4(O)C2=CC(=O)[C@@H]1O3. The van der Waals surface area contributed by atoms with Gasteiger partial charge in [-0.1, -0.05) is 50.2 Å². The fourth-order valence-corrected chi connectivity index (χ4v) is 9.80. The van der Waals surface area contributed by atoms with Crippen LogP contribution in [-0.4, -0.2) is 51.0 Å². The number of furan rings is 1. The van der Waals surface area contributed by atoms with E-state index in [4.69, 9.17) is 18.6 Å². The summed E-state index contributed by atoms with van der Waals surface area (Å²) in [5, 5.41) is 15.4. The number of para-hydroxylation sites is 2. The summed E-state index contributed by atoms with van der Waals surface area (Å²) < 4.78 is 25.3. The lowest BCUT2D eigenvalue weighted by atomic mass is 9.41. The number of ketones is 1. The molecule has 2 aromatic heterocycles. The molecule has 9 rings (SSSR count). The van der Waals surface area contributed by atoms with Crippen molar-refractivity contribution >= 4 is 33.6 Å². The number of aliphatic hydroxyl groups is 1. The first-order valence-electron chi connectivity index (χ1n) is 15.6. The van der Waals surface area contributed by atoms with Gasteiger partial charge in [-0.15, -0.1) is 0 Å². The maximum atomic E-state index is 13.8. The van der Waals surface area contributed by atoms with Crippen molar-refractivity contribution in [3.63, 3.8) is 0 Å². The molecule has 226 valence electrons. The van der Waals surface area contributed by atoms with E-state index in [1.807, 2.05) is 44.2 Å². The van der Waals surface area contributed by atoms with E-state index in [1.165, 1.54) is 17.0 Å². The van der Waals surface area contributed by atoms with Crippen LogP contribution in [0.15, 0.2) is 70.7 Å². The molecule has 2 aromatic carbocycles. The van der Waals surface area contributed by atoms with E-state index < -0.39 is 46.0 Å². The van der Waals surface area contributed by atoms with Crippen LogP contribution in [0.5, 0.6) is 0 Å². The van der Waals surface area contributed by atoms with Gasteiger partial charge in [0.1, 0.15) is 22.9 Å². The number of H-pyrrole nitrogens is 1. The van der Waals surface area contributed by atoms with Gasteiger partial charge >= 0.3 is 5.97 Å². The standard InChI is InChI=1S/C36H35NO7/c1-32(2)30-24(38)18-27-35(43-30,44-32)14-13-33(3)34(4)20(16-22-21-10-6-7-11-23(21)37-29(22)34)17-28(36(27,33)40)42-31(39)26-15-19-9-5-8-12-25(19)41-26/h5-12,15,18,20,28,30,37,40H,13-14,16-17H2,1-4H3/t20-,28+,30+,33-,34-,35?,36+/m1/s1. The van der Waals surface area contributed by atoms with E-state index in [9.17, 15) is 14.7 Å². The lowest BCUT2D eigenvalue weighted by Crippen LogP contribution is -2.75. The molecular weight excluding hydrogens is 558 g/mol. The van der Waals surface area contributed by atoms with Crippen molar-refractivity contribution in [2.45, 2.75) is 88.0 Å². The number of carbonyl (C=O) groups excluding carboxylic acids is 2. The van der Waals surface area contributed by atoms with Gasteiger partial charge in [0.05, 0.1) is 0 Å². The number of hydrogen-bond donors (Lipinski definition) is 2. The molecule has 2 N–H and O–H groups in total. The topological polar surface area (TPSA) is 111 Å². The molecule has 1 saturated heterocycles. The Kier molecular flexibility index (Phi) is 4.91. The molecule has 0 amide bonds. The number of carbonyl (C=O) groups is 2. The van der Waals surface area contributed by atoms with Crippen LogP contribution in [0, 0.1) is 11.3 Å². The summed E-state index contributed by atoms with van der Waals surface area (Å²) in [6, 6.07) is 17.4. The van der Waals surface area contributed by atoms with Crippen molar-refractivity contribution in [3.8, 4) is 0 Å². The summed E-state index contributed by atoms with van der Waals surface area (Å²) in [6.45, 7) is 8.02. The van der Waals surface area contributed by atoms with Gasteiger partial charge < -0.3 is 28.7 Å². The normalized spacial score (nSPS) is 38.2. The summed E-state index contributed by atoms with van der Waals surface area (Å²) in [5.74, 6) is -2.05. The number of aromatic amines is 1. The van der Waals surface area contributed by atoms with Gasteiger partial charge in [0.25, 0.3) is 0 Å². The number of esters is 1. The maximum Gasteiger partial charge on any atom is 0.374 e. The first kappa shape index (κ1) is 26.7. The van der Waals surface area contributed by atoms with Crippen LogP contribution < -0.4 is 0 Å². The Morgan fingerprint density at radius 1 is 1.05 bits per heavy atom. The van der Waals surface area contributed by atoms with E-state index in [2.05, 4.69) is 31.0 Å². The molecule has 0 radical (unpaired) electrons. The van der Waals surface area contributed by atoms with Gasteiger partial charge in [-0.05, 0) is 68.9 Å². The van der Waals surface area contributed by atoms with E-state index >= 15 is 0 Å². The smallest absolute Gasteiger partial charge is 0.374 e. The molecule has 8 heteroatoms. The highest BCUT2D eigenvalue weighted by Crippen LogP contribution is 2.72. The van der Waals surface area contributed by atoms with E-state index in [0.717, 1.165) is 23.0 Å². The molecule has 3 aliphatic carbocycles. The Labute approximate surface area is 254 Å². The zero-order chi connectivity index (χ0) is 30.4. The highest BCUT2D eigenvalue weighted by molar-refractivity contribution is 5.97. The van der Waals surface area contributed by atoms with Gasteiger partial charge in [-0.25, -0.2) is 4.79 Å². The third-order valence-corrected chi connectivity index (χ3v) is 12.1. The summed E-state index contributed by atoms with van der Waals surface area (Å²) in [6.07, 6.45) is 1.95. The predicted octanol–water partition coefficient (Wildman–Crippen LogP) is 5.90. The van der Waals surface area contributed by atoms with E-state index in [0.29, 0.717) is 30.4 Å². The van der Waals surface area contributed by atoms with Crippen molar-refractivity contribution in [2.24, 2.45) is 11.3 Å². The summed E-state index contributed by atoms with van der Waals surface area (Å²) in [5.41, 5.74) is 0.301. The summed E-state index contributed by atoms with van der Waals surface area (Å²) in [7, 11) is 0. The number of rotatable bonds is 2. The second-order valence-electron chi connectivity index (χ2n) is 14.4. The minimum Gasteiger partial charge on any atom is -0.453 e. The number of nitrogens with one attached hydrogen (secondary N) is 1. The highest BCUT2D eigenvalue weighted by atomic mass is 16.8. The molecule has 2 bridgehead atoms. The first-order valence-corrected chi connectivity index (χ1v) is 15.6. The van der Waals surface area contributed by atoms with Crippen LogP contribution in [0.4, 0.5) is 0 Å². The first-order chi connectivity index (χ1) is 20.9. The van der Waals surface area contributed by atoms with Gasteiger partial charge in [-0.3, -0.25) is 4.79 Å². The maximum absolute atomic E-state index is 13.8. The second kappa shape index (κ2) is 8.10. The van der Waals surface area contributed by atoms with Crippen LogP contribution in [0.1, 0.15) is 68.8 Å². The average Bonchev–Trinajstić information content (AvgIpc) is 3.72. The second-order valence-corrected chi connectivity index (χ2v) is 14.4. The molecule has 7 atom stereocenters. The minimum absolute atomic E-state index is 0.0654. The van der Waals surface area contributed by atoms with Gasteiger partial charge in [0, 0.05) is 44.8 Å². The molecule has 3 fully saturated rings. The average molecular weight is 594 g/mol. The minimum atomic E-state index is -1.78. The van der Waals surface area contributed by atoms with Gasteiger partial charge in [-0.2, -0.15) is 0 Å². The molecule has 5 aliphatic rings. The fourth-order valence-electron chi connectivity index (χ4n) is 9.80. The molecule has 1 spiro atoms. The molecule has 4 heterocycles. The lowest BCUT2D eigenvalue weighted by Gasteiger charge is -2.67. The van der Waals surface area contributed by atoms with Crippen LogP contribution in [0.3, 0.4) is 0 Å². The van der Waals surface area contributed by atoms with Crippen molar-refractivity contribution in [1.29, 1.82) is 0 Å². The molecule has 2 saturated carbocycles. The number of aromatic nitrogens is 1. The highest BCUT2D eigenvalue weighted by Gasteiger charge is 2.78. The van der Waals surface area contributed by atoms with Crippen molar-refractivity contribution in [2.75, 3.05) is 0 Å². The number of hydrogen-bond acceptors (Lipinski definition) is 7. The van der Waals surface area contributed by atoms with E-state index in [-0.39, 0.29) is 17.5 Å². The monoisotopic (exact) mass is 593 g/mol. The third-order valence-electron chi connectivity index (χ3n) is 12.1. The lowest BCUT2D eigenvalue weighted by molar-refractivity contribution is -0.273. The van der Waals surface area contributed by atoms with E-state index in [1.54, 1.807) is 12.1 Å². The van der Waals surface area contributed by atoms with Crippen molar-refractivity contribution < 1.29 is 33.3 Å². The number of benzene rings is 2. The van der Waals surface area contributed by atoms with Crippen LogP contribution in [0.25, 0.3) is 21.9 Å². The molecular formula is C36H35NO7. The fraction of sp³-hybridized carbons (Fsp3) is 0.444. The summed E-state index contributed by atoms with van der Waals surface area (Å²) >= 11 is 0. The molecule has 1 unspecified atom stereocenters.